The molecule has 0 atom stereocenters. The first kappa shape index (κ1) is 15.8. The molecule has 0 radical (unpaired) electrons. The third-order valence-electron chi connectivity index (χ3n) is 3.50. The number of aryl methyl sites for hydroxylation is 1. The third-order valence-corrected chi connectivity index (χ3v) is 3.50. The van der Waals surface area contributed by atoms with Crippen LogP contribution in [-0.2, 0) is 6.42 Å². The van der Waals surface area contributed by atoms with Crippen molar-refractivity contribution >= 4 is 11.9 Å². The molecule has 0 fully saturated rings. The summed E-state index contributed by atoms with van der Waals surface area (Å²) in [5.41, 5.74) is 2.70. The fourth-order valence-corrected chi connectivity index (χ4v) is 2.14. The number of carbonyl (C=O) groups excluding carboxylic acids is 1. The molecule has 22 heavy (non-hydrogen) atoms. The highest BCUT2D eigenvalue weighted by atomic mass is 16.5. The van der Waals surface area contributed by atoms with Gasteiger partial charge in [0.15, 0.2) is 5.78 Å². The smallest absolute Gasteiger partial charge is 0.185 e. The van der Waals surface area contributed by atoms with E-state index in [1.165, 1.54) is 5.56 Å². The quantitative estimate of drug-likeness (QED) is 0.593. The van der Waals surface area contributed by atoms with E-state index >= 15 is 0 Å². The van der Waals surface area contributed by atoms with Crippen LogP contribution in [0.3, 0.4) is 0 Å². The van der Waals surface area contributed by atoms with Crippen LogP contribution < -0.4 is 9.47 Å². The first-order valence-corrected chi connectivity index (χ1v) is 7.21. The number of ketones is 1. The standard InChI is InChI=1S/C19H20O3/c1-4-14-5-7-15(8-6-14)18(20)11-9-16-13-17(21-2)10-12-19(16)22-3/h5-13H,4H2,1-3H3. The molecular weight excluding hydrogens is 276 g/mol. The van der Waals surface area contributed by atoms with E-state index in [-0.39, 0.29) is 5.78 Å². The summed E-state index contributed by atoms with van der Waals surface area (Å²) in [6.07, 6.45) is 4.26. The summed E-state index contributed by atoms with van der Waals surface area (Å²) >= 11 is 0. The second-order valence-corrected chi connectivity index (χ2v) is 4.86. The molecule has 0 unspecified atom stereocenters. The monoisotopic (exact) mass is 296 g/mol. The summed E-state index contributed by atoms with van der Waals surface area (Å²) in [5.74, 6) is 1.39. The normalized spacial score (nSPS) is 10.7. The Hall–Kier alpha value is -2.55. The van der Waals surface area contributed by atoms with Crippen molar-refractivity contribution < 1.29 is 14.3 Å². The molecule has 2 rings (SSSR count). The molecule has 3 heteroatoms. The lowest BCUT2D eigenvalue weighted by molar-refractivity contribution is 0.104. The van der Waals surface area contributed by atoms with E-state index < -0.39 is 0 Å². The van der Waals surface area contributed by atoms with E-state index in [2.05, 4.69) is 6.92 Å². The van der Waals surface area contributed by atoms with E-state index in [0.29, 0.717) is 11.3 Å². The molecule has 0 amide bonds. The van der Waals surface area contributed by atoms with Gasteiger partial charge in [-0.15, -0.1) is 0 Å². The van der Waals surface area contributed by atoms with Crippen molar-refractivity contribution in [3.05, 3.63) is 65.2 Å². The number of benzene rings is 2. The Morgan fingerprint density at radius 1 is 1.05 bits per heavy atom. The van der Waals surface area contributed by atoms with Gasteiger partial charge in [-0.1, -0.05) is 31.2 Å². The van der Waals surface area contributed by atoms with Crippen molar-refractivity contribution in [3.63, 3.8) is 0 Å². The van der Waals surface area contributed by atoms with Gasteiger partial charge in [0.1, 0.15) is 11.5 Å². The first-order valence-electron chi connectivity index (χ1n) is 7.21. The maximum atomic E-state index is 12.2. The van der Waals surface area contributed by atoms with Crippen LogP contribution in [0.1, 0.15) is 28.4 Å². The summed E-state index contributed by atoms with van der Waals surface area (Å²) in [6, 6.07) is 13.1. The molecule has 0 spiro atoms. The Balaban J connectivity index is 2.21. The maximum Gasteiger partial charge on any atom is 0.185 e. The van der Waals surface area contributed by atoms with Crippen LogP contribution in [0.4, 0.5) is 0 Å². The maximum absolute atomic E-state index is 12.2. The number of hydrogen-bond donors (Lipinski definition) is 0. The molecule has 0 heterocycles. The van der Waals surface area contributed by atoms with E-state index in [4.69, 9.17) is 9.47 Å². The van der Waals surface area contributed by atoms with Crippen LogP contribution >= 0.6 is 0 Å². The van der Waals surface area contributed by atoms with Crippen LogP contribution in [0.2, 0.25) is 0 Å². The number of hydrogen-bond acceptors (Lipinski definition) is 3. The van der Waals surface area contributed by atoms with Crippen LogP contribution in [0.15, 0.2) is 48.5 Å². The van der Waals surface area contributed by atoms with Crippen molar-refractivity contribution in [2.75, 3.05) is 14.2 Å². The zero-order valence-corrected chi connectivity index (χ0v) is 13.1. The van der Waals surface area contributed by atoms with Gasteiger partial charge in [-0.2, -0.15) is 0 Å². The van der Waals surface area contributed by atoms with Crippen LogP contribution in [-0.4, -0.2) is 20.0 Å². The summed E-state index contributed by atoms with van der Waals surface area (Å²) in [5, 5.41) is 0. The van der Waals surface area contributed by atoms with Crippen molar-refractivity contribution in [1.82, 2.24) is 0 Å². The Morgan fingerprint density at radius 3 is 2.36 bits per heavy atom. The minimum atomic E-state index is -0.0347. The molecule has 3 nitrogen and oxygen atoms in total. The van der Waals surface area contributed by atoms with Crippen LogP contribution in [0, 0.1) is 0 Å². The second kappa shape index (κ2) is 7.46. The minimum Gasteiger partial charge on any atom is -0.497 e. The average Bonchev–Trinajstić information content (AvgIpc) is 2.59. The predicted molar refractivity (Wildman–Crippen MR) is 88.7 cm³/mol. The zero-order valence-electron chi connectivity index (χ0n) is 13.1. The molecule has 114 valence electrons. The topological polar surface area (TPSA) is 35.5 Å². The Morgan fingerprint density at radius 2 is 1.77 bits per heavy atom. The molecule has 2 aromatic carbocycles. The summed E-state index contributed by atoms with van der Waals surface area (Å²) in [6.45, 7) is 2.09. The number of carbonyl (C=O) groups is 1. The number of ether oxygens (including phenoxy) is 2. The van der Waals surface area contributed by atoms with Crippen molar-refractivity contribution in [3.8, 4) is 11.5 Å². The zero-order chi connectivity index (χ0) is 15.9. The Kier molecular flexibility index (Phi) is 5.37. The molecule has 0 saturated heterocycles. The fraction of sp³-hybridized carbons (Fsp3) is 0.211. The lowest BCUT2D eigenvalue weighted by Crippen LogP contribution is -1.95. The molecule has 0 aromatic heterocycles. The van der Waals surface area contributed by atoms with Gasteiger partial charge in [0.2, 0.25) is 0 Å². The minimum absolute atomic E-state index is 0.0347. The number of allylic oxidation sites excluding steroid dienone is 1. The van der Waals surface area contributed by atoms with Gasteiger partial charge in [-0.3, -0.25) is 4.79 Å². The van der Waals surface area contributed by atoms with E-state index in [9.17, 15) is 4.79 Å². The average molecular weight is 296 g/mol. The van der Waals surface area contributed by atoms with Gasteiger partial charge in [0.05, 0.1) is 14.2 Å². The molecule has 0 saturated carbocycles. The van der Waals surface area contributed by atoms with Gasteiger partial charge >= 0.3 is 0 Å². The second-order valence-electron chi connectivity index (χ2n) is 4.86. The lowest BCUT2D eigenvalue weighted by atomic mass is 10.1. The third kappa shape index (κ3) is 3.76. The number of rotatable bonds is 6. The molecule has 0 N–H and O–H groups in total. The predicted octanol–water partition coefficient (Wildman–Crippen LogP) is 4.16. The molecule has 0 aliphatic heterocycles. The fourth-order valence-electron chi connectivity index (χ4n) is 2.14. The van der Waals surface area contributed by atoms with E-state index in [1.807, 2.05) is 42.5 Å². The molecule has 0 aliphatic rings. The highest BCUT2D eigenvalue weighted by Gasteiger charge is 2.05. The molecule has 0 aliphatic carbocycles. The summed E-state index contributed by atoms with van der Waals surface area (Å²) < 4.78 is 10.5. The Bertz CT molecular complexity index is 670. The van der Waals surface area contributed by atoms with Gasteiger partial charge in [0, 0.05) is 11.1 Å². The largest absolute Gasteiger partial charge is 0.497 e. The molecule has 0 bridgehead atoms. The highest BCUT2D eigenvalue weighted by molar-refractivity contribution is 6.07. The van der Waals surface area contributed by atoms with Crippen LogP contribution in [0.25, 0.3) is 6.08 Å². The first-order chi connectivity index (χ1) is 10.7. The SMILES string of the molecule is CCc1ccc(C(=O)C=Cc2cc(OC)ccc2OC)cc1. The van der Waals surface area contributed by atoms with E-state index in [0.717, 1.165) is 17.7 Å². The van der Waals surface area contributed by atoms with Gasteiger partial charge < -0.3 is 9.47 Å². The summed E-state index contributed by atoms with van der Waals surface area (Å²) in [7, 11) is 3.21. The number of methoxy groups -OCH3 is 2. The van der Waals surface area contributed by atoms with Gasteiger partial charge in [0.25, 0.3) is 0 Å². The highest BCUT2D eigenvalue weighted by Crippen LogP contribution is 2.25. The van der Waals surface area contributed by atoms with Crippen LogP contribution in [0.5, 0.6) is 11.5 Å². The van der Waals surface area contributed by atoms with Gasteiger partial charge in [-0.05, 0) is 42.3 Å². The Labute approximate surface area is 131 Å². The summed E-state index contributed by atoms with van der Waals surface area (Å²) in [4.78, 5) is 12.2. The van der Waals surface area contributed by atoms with E-state index in [1.54, 1.807) is 26.4 Å². The van der Waals surface area contributed by atoms with Crippen molar-refractivity contribution in [2.24, 2.45) is 0 Å². The lowest BCUT2D eigenvalue weighted by Gasteiger charge is -2.07. The van der Waals surface area contributed by atoms with Crippen molar-refractivity contribution in [1.29, 1.82) is 0 Å². The molecule has 2 aromatic rings. The molecular formula is C19H20O3. The van der Waals surface area contributed by atoms with Gasteiger partial charge in [-0.25, -0.2) is 0 Å². The van der Waals surface area contributed by atoms with Crippen molar-refractivity contribution in [2.45, 2.75) is 13.3 Å².